The molecule has 2 heterocycles. The van der Waals surface area contributed by atoms with Gasteiger partial charge in [0, 0.05) is 17.0 Å². The van der Waals surface area contributed by atoms with E-state index in [0.29, 0.717) is 0 Å². The molecule has 2 heteroatoms. The van der Waals surface area contributed by atoms with Gasteiger partial charge in [0.25, 0.3) is 0 Å². The molecule has 1 unspecified atom stereocenters. The van der Waals surface area contributed by atoms with E-state index in [2.05, 4.69) is 12.1 Å². The summed E-state index contributed by atoms with van der Waals surface area (Å²) in [4.78, 5) is 11.8. The molecule has 0 saturated carbocycles. The van der Waals surface area contributed by atoms with E-state index in [1.165, 1.54) is 5.39 Å². The molecule has 0 N–H and O–H groups in total. The maximum Gasteiger partial charge on any atom is 0.234 e. The predicted octanol–water partition coefficient (Wildman–Crippen LogP) is 2.47. The first kappa shape index (κ1) is 7.80. The van der Waals surface area contributed by atoms with Crippen molar-refractivity contribution in [3.8, 4) is 0 Å². The van der Waals surface area contributed by atoms with Crippen molar-refractivity contribution in [3.05, 3.63) is 36.0 Å². The van der Waals surface area contributed by atoms with Gasteiger partial charge in [0.15, 0.2) is 0 Å². The highest BCUT2D eigenvalue weighted by Gasteiger charge is 2.28. The van der Waals surface area contributed by atoms with Gasteiger partial charge in [-0.15, -0.1) is 0 Å². The standard InChI is InChI=1S/C12H11NO/c1-8-6-10-7-9-4-2-3-5-11(9)13(10)12(8)14/h2-5,7-8H,6H2,1H3. The summed E-state index contributed by atoms with van der Waals surface area (Å²) in [6.45, 7) is 1.99. The van der Waals surface area contributed by atoms with Crippen LogP contribution < -0.4 is 0 Å². The minimum Gasteiger partial charge on any atom is -0.284 e. The summed E-state index contributed by atoms with van der Waals surface area (Å²) in [5.41, 5.74) is 2.21. The van der Waals surface area contributed by atoms with Crippen molar-refractivity contribution in [1.82, 2.24) is 4.57 Å². The van der Waals surface area contributed by atoms with E-state index in [9.17, 15) is 4.79 Å². The van der Waals surface area contributed by atoms with E-state index in [4.69, 9.17) is 0 Å². The Morgan fingerprint density at radius 2 is 2.14 bits per heavy atom. The maximum absolute atomic E-state index is 11.8. The Bertz CT molecular complexity index is 524. The van der Waals surface area contributed by atoms with Gasteiger partial charge >= 0.3 is 0 Å². The molecule has 0 aliphatic carbocycles. The number of fused-ring (bicyclic) bond motifs is 3. The lowest BCUT2D eigenvalue weighted by molar-refractivity contribution is 0.0879. The summed E-state index contributed by atoms with van der Waals surface area (Å²) in [7, 11) is 0. The van der Waals surface area contributed by atoms with E-state index in [0.717, 1.165) is 17.6 Å². The lowest BCUT2D eigenvalue weighted by Gasteiger charge is -2.00. The number of carbonyl (C=O) groups excluding carboxylic acids is 1. The molecule has 0 fully saturated rings. The van der Waals surface area contributed by atoms with Crippen LogP contribution in [0.5, 0.6) is 0 Å². The SMILES string of the molecule is CC1Cc2cc3ccccc3n2C1=O. The molecule has 1 aliphatic rings. The largest absolute Gasteiger partial charge is 0.284 e. The summed E-state index contributed by atoms with van der Waals surface area (Å²) < 4.78 is 1.86. The third kappa shape index (κ3) is 0.830. The normalized spacial score (nSPS) is 20.4. The number of nitrogens with zero attached hydrogens (tertiary/aromatic N) is 1. The van der Waals surface area contributed by atoms with Crippen molar-refractivity contribution in [2.24, 2.45) is 5.92 Å². The van der Waals surface area contributed by atoms with E-state index in [-0.39, 0.29) is 11.8 Å². The highest BCUT2D eigenvalue weighted by atomic mass is 16.2. The first-order valence-corrected chi connectivity index (χ1v) is 4.91. The summed E-state index contributed by atoms with van der Waals surface area (Å²) in [6, 6.07) is 10.2. The van der Waals surface area contributed by atoms with Crippen LogP contribution in [0.3, 0.4) is 0 Å². The minimum atomic E-state index is 0.148. The van der Waals surface area contributed by atoms with Crippen molar-refractivity contribution in [3.63, 3.8) is 0 Å². The highest BCUT2D eigenvalue weighted by Crippen LogP contribution is 2.28. The van der Waals surface area contributed by atoms with Crippen LogP contribution in [-0.2, 0) is 6.42 Å². The molecule has 2 nitrogen and oxygen atoms in total. The second-order valence-corrected chi connectivity index (χ2v) is 3.97. The van der Waals surface area contributed by atoms with E-state index < -0.39 is 0 Å². The molecule has 14 heavy (non-hydrogen) atoms. The van der Waals surface area contributed by atoms with Crippen LogP contribution in [0.4, 0.5) is 0 Å². The van der Waals surface area contributed by atoms with Gasteiger partial charge < -0.3 is 0 Å². The lowest BCUT2D eigenvalue weighted by Crippen LogP contribution is -2.10. The first-order chi connectivity index (χ1) is 6.77. The summed E-state index contributed by atoms with van der Waals surface area (Å²) in [5.74, 6) is 0.385. The summed E-state index contributed by atoms with van der Waals surface area (Å²) in [6.07, 6.45) is 0.882. The summed E-state index contributed by atoms with van der Waals surface area (Å²) >= 11 is 0. The van der Waals surface area contributed by atoms with Crippen LogP contribution in [0.15, 0.2) is 30.3 Å². The number of benzene rings is 1. The molecular formula is C12H11NO. The smallest absolute Gasteiger partial charge is 0.234 e. The van der Waals surface area contributed by atoms with Crippen molar-refractivity contribution in [1.29, 1.82) is 0 Å². The molecule has 0 saturated heterocycles. The topological polar surface area (TPSA) is 22.0 Å². The second-order valence-electron chi connectivity index (χ2n) is 3.97. The first-order valence-electron chi connectivity index (χ1n) is 4.91. The average molecular weight is 185 g/mol. The fraction of sp³-hybridized carbons (Fsp3) is 0.250. The van der Waals surface area contributed by atoms with Gasteiger partial charge in [-0.25, -0.2) is 0 Å². The third-order valence-electron chi connectivity index (χ3n) is 2.94. The van der Waals surface area contributed by atoms with Crippen molar-refractivity contribution in [2.75, 3.05) is 0 Å². The van der Waals surface area contributed by atoms with Crippen LogP contribution in [0, 0.1) is 5.92 Å². The zero-order valence-corrected chi connectivity index (χ0v) is 8.03. The Morgan fingerprint density at radius 1 is 1.36 bits per heavy atom. The Labute approximate surface area is 82.1 Å². The molecule has 70 valence electrons. The zero-order chi connectivity index (χ0) is 9.71. The van der Waals surface area contributed by atoms with Gasteiger partial charge in [-0.05, 0) is 18.6 Å². The van der Waals surface area contributed by atoms with Gasteiger partial charge in [-0.2, -0.15) is 0 Å². The molecule has 1 aliphatic heterocycles. The number of aromatic nitrogens is 1. The molecule has 0 bridgehead atoms. The number of hydrogen-bond acceptors (Lipinski definition) is 1. The number of hydrogen-bond donors (Lipinski definition) is 0. The molecule has 1 aromatic heterocycles. The van der Waals surface area contributed by atoms with Gasteiger partial charge in [0.2, 0.25) is 5.91 Å². The van der Waals surface area contributed by atoms with E-state index >= 15 is 0 Å². The van der Waals surface area contributed by atoms with Crippen LogP contribution in [0.1, 0.15) is 17.4 Å². The molecule has 0 spiro atoms. The molecule has 0 amide bonds. The van der Waals surface area contributed by atoms with Crippen molar-refractivity contribution < 1.29 is 4.79 Å². The van der Waals surface area contributed by atoms with Gasteiger partial charge in [-0.3, -0.25) is 9.36 Å². The zero-order valence-electron chi connectivity index (χ0n) is 8.03. The Hall–Kier alpha value is -1.57. The second kappa shape index (κ2) is 2.47. The maximum atomic E-state index is 11.8. The Balaban J connectivity index is 2.38. The highest BCUT2D eigenvalue weighted by molar-refractivity contribution is 5.96. The number of carbonyl (C=O) groups is 1. The molecular weight excluding hydrogens is 174 g/mol. The predicted molar refractivity (Wildman–Crippen MR) is 55.4 cm³/mol. The van der Waals surface area contributed by atoms with Crippen molar-refractivity contribution >= 4 is 16.8 Å². The van der Waals surface area contributed by atoms with Crippen molar-refractivity contribution in [2.45, 2.75) is 13.3 Å². The fourth-order valence-corrected chi connectivity index (χ4v) is 2.24. The van der Waals surface area contributed by atoms with E-state index in [1.807, 2.05) is 29.7 Å². The molecule has 2 aromatic rings. The number of rotatable bonds is 0. The average Bonchev–Trinajstić information content (AvgIpc) is 2.65. The van der Waals surface area contributed by atoms with Crippen LogP contribution in [0.2, 0.25) is 0 Å². The van der Waals surface area contributed by atoms with E-state index in [1.54, 1.807) is 0 Å². The van der Waals surface area contributed by atoms with Crippen LogP contribution >= 0.6 is 0 Å². The third-order valence-corrected chi connectivity index (χ3v) is 2.94. The molecule has 1 atom stereocenters. The Kier molecular flexibility index (Phi) is 1.38. The van der Waals surface area contributed by atoms with Crippen LogP contribution in [0.25, 0.3) is 10.9 Å². The molecule has 3 rings (SSSR count). The lowest BCUT2D eigenvalue weighted by atomic mass is 10.1. The Morgan fingerprint density at radius 3 is 3.00 bits per heavy atom. The van der Waals surface area contributed by atoms with Gasteiger partial charge in [0.05, 0.1) is 5.52 Å². The fourth-order valence-electron chi connectivity index (χ4n) is 2.24. The molecule has 0 radical (unpaired) electrons. The van der Waals surface area contributed by atoms with Crippen LogP contribution in [-0.4, -0.2) is 10.5 Å². The van der Waals surface area contributed by atoms with Gasteiger partial charge in [0.1, 0.15) is 0 Å². The number of para-hydroxylation sites is 1. The quantitative estimate of drug-likeness (QED) is 0.618. The monoisotopic (exact) mass is 185 g/mol. The van der Waals surface area contributed by atoms with Gasteiger partial charge in [-0.1, -0.05) is 25.1 Å². The molecule has 1 aromatic carbocycles. The minimum absolute atomic E-state index is 0.148. The summed E-state index contributed by atoms with van der Waals surface area (Å²) in [5, 5.41) is 1.17.